The second-order valence-electron chi connectivity index (χ2n) is 7.28. The van der Waals surface area contributed by atoms with E-state index in [1.807, 2.05) is 13.0 Å². The SMILES string of the molecule is C[C@H](C(=O)Nc1cccc(F)c1)N1CCC(c2c[nH]c3ccccc23)CC1. The number of hydrogen-bond acceptors (Lipinski definition) is 2. The molecule has 2 N–H and O–H groups in total. The van der Waals surface area contributed by atoms with Gasteiger partial charge in [0.25, 0.3) is 0 Å². The number of anilines is 1. The zero-order valence-corrected chi connectivity index (χ0v) is 15.4. The summed E-state index contributed by atoms with van der Waals surface area (Å²) in [6.45, 7) is 3.67. The molecule has 1 aliphatic rings. The number of benzene rings is 2. The summed E-state index contributed by atoms with van der Waals surface area (Å²) in [4.78, 5) is 18.1. The molecule has 140 valence electrons. The fraction of sp³-hybridized carbons (Fsp3) is 0.318. The number of aromatic amines is 1. The summed E-state index contributed by atoms with van der Waals surface area (Å²) in [5, 5.41) is 4.12. The van der Waals surface area contributed by atoms with Crippen LogP contribution in [-0.2, 0) is 4.79 Å². The molecule has 0 saturated carbocycles. The molecule has 2 aromatic carbocycles. The van der Waals surface area contributed by atoms with Crippen LogP contribution in [0, 0.1) is 5.82 Å². The maximum absolute atomic E-state index is 13.3. The normalized spacial score (nSPS) is 17.1. The largest absolute Gasteiger partial charge is 0.361 e. The molecule has 1 saturated heterocycles. The molecule has 5 heteroatoms. The maximum Gasteiger partial charge on any atom is 0.241 e. The first-order chi connectivity index (χ1) is 13.1. The predicted octanol–water partition coefficient (Wildman–Crippen LogP) is 4.51. The lowest BCUT2D eigenvalue weighted by atomic mass is 9.88. The Morgan fingerprint density at radius 3 is 2.74 bits per heavy atom. The second kappa shape index (κ2) is 7.53. The molecule has 1 amide bonds. The summed E-state index contributed by atoms with van der Waals surface area (Å²) >= 11 is 0. The molecule has 27 heavy (non-hydrogen) atoms. The van der Waals surface area contributed by atoms with Crippen LogP contribution in [0.3, 0.4) is 0 Å². The van der Waals surface area contributed by atoms with Gasteiger partial charge in [0.2, 0.25) is 5.91 Å². The third kappa shape index (κ3) is 3.74. The van der Waals surface area contributed by atoms with Crippen molar-refractivity contribution in [3.05, 3.63) is 66.1 Å². The van der Waals surface area contributed by atoms with Crippen molar-refractivity contribution in [2.45, 2.75) is 31.7 Å². The summed E-state index contributed by atoms with van der Waals surface area (Å²) in [6.07, 6.45) is 4.18. The minimum Gasteiger partial charge on any atom is -0.361 e. The van der Waals surface area contributed by atoms with Gasteiger partial charge in [0.1, 0.15) is 5.82 Å². The average Bonchev–Trinajstić information content (AvgIpc) is 3.12. The quantitative estimate of drug-likeness (QED) is 0.714. The van der Waals surface area contributed by atoms with E-state index in [1.54, 1.807) is 12.1 Å². The summed E-state index contributed by atoms with van der Waals surface area (Å²) in [5.74, 6) is 0.0713. The van der Waals surface area contributed by atoms with E-state index in [0.29, 0.717) is 11.6 Å². The van der Waals surface area contributed by atoms with Crippen LogP contribution in [0.1, 0.15) is 31.2 Å². The molecule has 4 rings (SSSR count). The third-order valence-corrected chi connectivity index (χ3v) is 5.61. The minimum absolute atomic E-state index is 0.0915. The summed E-state index contributed by atoms with van der Waals surface area (Å²) in [6, 6.07) is 14.2. The van der Waals surface area contributed by atoms with Gasteiger partial charge in [-0.3, -0.25) is 9.69 Å². The molecule has 1 atom stereocenters. The van der Waals surface area contributed by atoms with Crippen molar-refractivity contribution in [3.8, 4) is 0 Å². The van der Waals surface area contributed by atoms with Crippen LogP contribution in [-0.4, -0.2) is 34.9 Å². The van der Waals surface area contributed by atoms with Gasteiger partial charge < -0.3 is 10.3 Å². The number of piperidine rings is 1. The maximum atomic E-state index is 13.3. The van der Waals surface area contributed by atoms with Gasteiger partial charge in [0.15, 0.2) is 0 Å². The third-order valence-electron chi connectivity index (χ3n) is 5.61. The lowest BCUT2D eigenvalue weighted by Gasteiger charge is -2.35. The Hall–Kier alpha value is -2.66. The molecule has 3 aromatic rings. The molecule has 0 bridgehead atoms. The molecule has 1 fully saturated rings. The molecular formula is C22H24FN3O. The van der Waals surface area contributed by atoms with Crippen molar-refractivity contribution >= 4 is 22.5 Å². The number of hydrogen-bond donors (Lipinski definition) is 2. The van der Waals surface area contributed by atoms with Gasteiger partial charge in [-0.15, -0.1) is 0 Å². The molecule has 0 aliphatic carbocycles. The number of carbonyl (C=O) groups is 1. The van der Waals surface area contributed by atoms with E-state index in [4.69, 9.17) is 0 Å². The van der Waals surface area contributed by atoms with E-state index in [1.165, 1.54) is 28.6 Å². The Kier molecular flexibility index (Phi) is 4.94. The van der Waals surface area contributed by atoms with Crippen molar-refractivity contribution in [2.24, 2.45) is 0 Å². The first-order valence-corrected chi connectivity index (χ1v) is 9.48. The van der Waals surface area contributed by atoms with Gasteiger partial charge in [-0.2, -0.15) is 0 Å². The van der Waals surface area contributed by atoms with Gasteiger partial charge in [-0.1, -0.05) is 24.3 Å². The van der Waals surface area contributed by atoms with E-state index >= 15 is 0 Å². The summed E-state index contributed by atoms with van der Waals surface area (Å²) in [7, 11) is 0. The highest BCUT2D eigenvalue weighted by molar-refractivity contribution is 5.94. The number of likely N-dealkylation sites (tertiary alicyclic amines) is 1. The van der Waals surface area contributed by atoms with Crippen molar-refractivity contribution < 1.29 is 9.18 Å². The van der Waals surface area contributed by atoms with Crippen molar-refractivity contribution in [1.29, 1.82) is 0 Å². The van der Waals surface area contributed by atoms with Crippen LogP contribution >= 0.6 is 0 Å². The number of fused-ring (bicyclic) bond motifs is 1. The molecule has 0 radical (unpaired) electrons. The number of nitrogens with one attached hydrogen (secondary N) is 2. The Morgan fingerprint density at radius 1 is 1.19 bits per heavy atom. The number of amides is 1. The molecule has 0 unspecified atom stereocenters. The first-order valence-electron chi connectivity index (χ1n) is 9.48. The van der Waals surface area contributed by atoms with Crippen LogP contribution in [0.2, 0.25) is 0 Å². The van der Waals surface area contributed by atoms with Gasteiger partial charge in [-0.25, -0.2) is 4.39 Å². The van der Waals surface area contributed by atoms with Crippen LogP contribution in [0.25, 0.3) is 10.9 Å². The monoisotopic (exact) mass is 365 g/mol. The van der Waals surface area contributed by atoms with E-state index in [-0.39, 0.29) is 17.8 Å². The van der Waals surface area contributed by atoms with E-state index < -0.39 is 0 Å². The zero-order chi connectivity index (χ0) is 18.8. The smallest absolute Gasteiger partial charge is 0.241 e. The first kappa shape index (κ1) is 17.7. The van der Waals surface area contributed by atoms with Crippen molar-refractivity contribution in [1.82, 2.24) is 9.88 Å². The average molecular weight is 365 g/mol. The lowest BCUT2D eigenvalue weighted by molar-refractivity contribution is -0.121. The fourth-order valence-electron chi connectivity index (χ4n) is 4.01. The number of rotatable bonds is 4. The van der Waals surface area contributed by atoms with Crippen LogP contribution in [0.5, 0.6) is 0 Å². The Bertz CT molecular complexity index is 943. The van der Waals surface area contributed by atoms with Crippen molar-refractivity contribution in [2.75, 3.05) is 18.4 Å². The summed E-state index contributed by atoms with van der Waals surface area (Å²) < 4.78 is 13.3. The van der Waals surface area contributed by atoms with Crippen LogP contribution in [0.4, 0.5) is 10.1 Å². The second-order valence-corrected chi connectivity index (χ2v) is 7.28. The van der Waals surface area contributed by atoms with E-state index in [2.05, 4.69) is 39.6 Å². The number of carbonyl (C=O) groups excluding carboxylic acids is 1. The van der Waals surface area contributed by atoms with Crippen molar-refractivity contribution in [3.63, 3.8) is 0 Å². The minimum atomic E-state index is -0.347. The van der Waals surface area contributed by atoms with Crippen LogP contribution < -0.4 is 5.32 Å². The van der Waals surface area contributed by atoms with Gasteiger partial charge in [0.05, 0.1) is 6.04 Å². The highest BCUT2D eigenvalue weighted by Crippen LogP contribution is 2.33. The summed E-state index contributed by atoms with van der Waals surface area (Å²) in [5.41, 5.74) is 3.06. The number of halogens is 1. The number of para-hydroxylation sites is 1. The van der Waals surface area contributed by atoms with Gasteiger partial charge in [-0.05, 0) is 68.6 Å². The Labute approximate surface area is 158 Å². The van der Waals surface area contributed by atoms with Crippen LogP contribution in [0.15, 0.2) is 54.7 Å². The predicted molar refractivity (Wildman–Crippen MR) is 106 cm³/mol. The van der Waals surface area contributed by atoms with Gasteiger partial charge >= 0.3 is 0 Å². The molecule has 1 aliphatic heterocycles. The number of aromatic nitrogens is 1. The van der Waals surface area contributed by atoms with E-state index in [9.17, 15) is 9.18 Å². The molecule has 0 spiro atoms. The highest BCUT2D eigenvalue weighted by atomic mass is 19.1. The standard InChI is InChI=1S/C22H24FN3O/c1-15(22(27)25-18-6-4-5-17(23)13-18)26-11-9-16(10-12-26)20-14-24-21-8-3-2-7-19(20)21/h2-8,13-16,24H,9-12H2,1H3,(H,25,27)/t15-/m1/s1. The number of nitrogens with zero attached hydrogens (tertiary/aromatic N) is 1. The number of H-pyrrole nitrogens is 1. The molecular weight excluding hydrogens is 341 g/mol. The lowest BCUT2D eigenvalue weighted by Crippen LogP contribution is -2.45. The topological polar surface area (TPSA) is 48.1 Å². The highest BCUT2D eigenvalue weighted by Gasteiger charge is 2.28. The fourth-order valence-corrected chi connectivity index (χ4v) is 4.01. The van der Waals surface area contributed by atoms with Gasteiger partial charge in [0, 0.05) is 22.8 Å². The Morgan fingerprint density at radius 2 is 1.96 bits per heavy atom. The molecule has 4 nitrogen and oxygen atoms in total. The van der Waals surface area contributed by atoms with E-state index in [0.717, 1.165) is 25.9 Å². The Balaban J connectivity index is 1.37. The molecule has 2 heterocycles. The molecule has 1 aromatic heterocycles. The zero-order valence-electron chi connectivity index (χ0n) is 15.4.